The Balaban J connectivity index is 0.00000121. The van der Waals surface area contributed by atoms with Gasteiger partial charge in [0.25, 0.3) is 0 Å². The second-order valence-electron chi connectivity index (χ2n) is 2.73. The highest BCUT2D eigenvalue weighted by molar-refractivity contribution is 5.85. The van der Waals surface area contributed by atoms with Crippen molar-refractivity contribution in [2.75, 3.05) is 6.54 Å². The molecule has 68 valence electrons. The lowest BCUT2D eigenvalue weighted by Gasteiger charge is -2.07. The minimum atomic E-state index is 0. The molecule has 0 aliphatic carbocycles. The number of hydrogen-bond acceptors (Lipinski definition) is 2. The molecule has 0 amide bonds. The summed E-state index contributed by atoms with van der Waals surface area (Å²) in [6.07, 6.45) is 0. The smallest absolute Gasteiger partial charge is 0.115 e. The van der Waals surface area contributed by atoms with E-state index in [1.807, 2.05) is 12.1 Å². The highest BCUT2D eigenvalue weighted by Crippen LogP contribution is 2.16. The summed E-state index contributed by atoms with van der Waals surface area (Å²) in [6.45, 7) is 2.71. The molecule has 0 bridgehead atoms. The first-order chi connectivity index (χ1) is 5.24. The van der Waals surface area contributed by atoms with Gasteiger partial charge in [-0.15, -0.1) is 12.4 Å². The summed E-state index contributed by atoms with van der Waals surface area (Å²) < 4.78 is 0. The molecule has 0 spiro atoms. The number of rotatable bonds is 2. The number of phenols is 1. The molecule has 0 heterocycles. The maximum atomic E-state index is 8.98. The molecule has 1 aromatic carbocycles. The van der Waals surface area contributed by atoms with Crippen molar-refractivity contribution in [1.29, 1.82) is 0 Å². The molecule has 0 aliphatic heterocycles. The van der Waals surface area contributed by atoms with Gasteiger partial charge in [0, 0.05) is 0 Å². The van der Waals surface area contributed by atoms with E-state index in [2.05, 4.69) is 6.92 Å². The fourth-order valence-corrected chi connectivity index (χ4v) is 0.939. The number of halogens is 1. The van der Waals surface area contributed by atoms with Gasteiger partial charge in [0.1, 0.15) is 5.75 Å². The minimum Gasteiger partial charge on any atom is -0.508 e. The summed E-state index contributed by atoms with van der Waals surface area (Å²) in [5.41, 5.74) is 6.65. The van der Waals surface area contributed by atoms with E-state index < -0.39 is 0 Å². The van der Waals surface area contributed by atoms with E-state index in [-0.39, 0.29) is 12.4 Å². The topological polar surface area (TPSA) is 46.2 Å². The molecule has 0 aliphatic rings. The largest absolute Gasteiger partial charge is 0.508 e. The third kappa shape index (κ3) is 2.72. The van der Waals surface area contributed by atoms with Crippen LogP contribution in [0.25, 0.3) is 0 Å². The van der Waals surface area contributed by atoms with Gasteiger partial charge in [0.05, 0.1) is 0 Å². The minimum absolute atomic E-state index is 0. The predicted octanol–water partition coefficient (Wildman–Crippen LogP) is 1.88. The first-order valence-electron chi connectivity index (χ1n) is 3.73. The van der Waals surface area contributed by atoms with E-state index in [1.165, 1.54) is 5.56 Å². The number of phenolic OH excluding ortho intramolecular Hbond substituents is 1. The zero-order valence-corrected chi connectivity index (χ0v) is 7.84. The van der Waals surface area contributed by atoms with Crippen LogP contribution in [0.4, 0.5) is 0 Å². The highest BCUT2D eigenvalue weighted by Gasteiger charge is 2.01. The molecule has 2 nitrogen and oxygen atoms in total. The van der Waals surface area contributed by atoms with Gasteiger partial charge in [-0.3, -0.25) is 0 Å². The molecule has 0 unspecified atom stereocenters. The molecular weight excluding hydrogens is 174 g/mol. The zero-order chi connectivity index (χ0) is 8.27. The highest BCUT2D eigenvalue weighted by atomic mass is 35.5. The number of nitrogens with two attached hydrogens (primary N) is 1. The molecule has 3 heteroatoms. The van der Waals surface area contributed by atoms with Crippen LogP contribution in [0, 0.1) is 0 Å². The van der Waals surface area contributed by atoms with Crippen LogP contribution in [0.1, 0.15) is 18.4 Å². The van der Waals surface area contributed by atoms with Crippen LogP contribution in [0.15, 0.2) is 24.3 Å². The van der Waals surface area contributed by atoms with Gasteiger partial charge in [-0.1, -0.05) is 19.1 Å². The summed E-state index contributed by atoms with van der Waals surface area (Å²) in [4.78, 5) is 0. The summed E-state index contributed by atoms with van der Waals surface area (Å²) in [5, 5.41) is 8.98. The summed E-state index contributed by atoms with van der Waals surface area (Å²) >= 11 is 0. The molecule has 1 atom stereocenters. The van der Waals surface area contributed by atoms with Crippen LogP contribution in [-0.2, 0) is 0 Å². The fourth-order valence-electron chi connectivity index (χ4n) is 0.939. The number of hydrogen-bond donors (Lipinski definition) is 2. The maximum Gasteiger partial charge on any atom is 0.115 e. The Morgan fingerprint density at radius 3 is 2.25 bits per heavy atom. The molecule has 1 rings (SSSR count). The van der Waals surface area contributed by atoms with E-state index >= 15 is 0 Å². The molecule has 0 fully saturated rings. The molecule has 0 radical (unpaired) electrons. The van der Waals surface area contributed by atoms with E-state index in [4.69, 9.17) is 10.8 Å². The Morgan fingerprint density at radius 1 is 1.33 bits per heavy atom. The summed E-state index contributed by atoms with van der Waals surface area (Å²) in [6, 6.07) is 7.16. The molecule has 0 aromatic heterocycles. The lowest BCUT2D eigenvalue weighted by atomic mass is 10.0. The Bertz CT molecular complexity index is 222. The van der Waals surface area contributed by atoms with Gasteiger partial charge in [-0.25, -0.2) is 0 Å². The van der Waals surface area contributed by atoms with Crippen LogP contribution in [-0.4, -0.2) is 11.7 Å². The Kier molecular flexibility index (Phi) is 4.71. The standard InChI is InChI=1S/C9H13NO.ClH/c1-7(6-10)8-2-4-9(11)5-3-8;/h2-5,7,11H,6,10H2,1H3;1H/t7-;/m1./s1. The second kappa shape index (κ2) is 5.01. The van der Waals surface area contributed by atoms with Crippen molar-refractivity contribution in [3.05, 3.63) is 29.8 Å². The zero-order valence-electron chi connectivity index (χ0n) is 7.03. The summed E-state index contributed by atoms with van der Waals surface area (Å²) in [5.74, 6) is 0.675. The first kappa shape index (κ1) is 11.3. The van der Waals surface area contributed by atoms with Crippen molar-refractivity contribution >= 4 is 12.4 Å². The van der Waals surface area contributed by atoms with Gasteiger partial charge in [-0.2, -0.15) is 0 Å². The molecule has 0 saturated carbocycles. The monoisotopic (exact) mass is 187 g/mol. The predicted molar refractivity (Wildman–Crippen MR) is 52.8 cm³/mol. The normalized spacial score (nSPS) is 11.8. The quantitative estimate of drug-likeness (QED) is 0.743. The van der Waals surface area contributed by atoms with E-state index in [1.54, 1.807) is 12.1 Å². The van der Waals surface area contributed by atoms with Gasteiger partial charge < -0.3 is 10.8 Å². The van der Waals surface area contributed by atoms with Gasteiger partial charge >= 0.3 is 0 Å². The molecule has 0 saturated heterocycles. The van der Waals surface area contributed by atoms with Gasteiger partial charge in [0.2, 0.25) is 0 Å². The third-order valence-electron chi connectivity index (χ3n) is 1.82. The Morgan fingerprint density at radius 2 is 1.83 bits per heavy atom. The van der Waals surface area contributed by atoms with Crippen molar-refractivity contribution in [2.24, 2.45) is 5.73 Å². The third-order valence-corrected chi connectivity index (χ3v) is 1.82. The Hall–Kier alpha value is -0.730. The van der Waals surface area contributed by atoms with Crippen LogP contribution in [0.2, 0.25) is 0 Å². The van der Waals surface area contributed by atoms with Crippen molar-refractivity contribution in [3.63, 3.8) is 0 Å². The lowest BCUT2D eigenvalue weighted by molar-refractivity contribution is 0.475. The van der Waals surface area contributed by atoms with Crippen molar-refractivity contribution in [1.82, 2.24) is 0 Å². The molecule has 3 N–H and O–H groups in total. The van der Waals surface area contributed by atoms with Gasteiger partial charge in [-0.05, 0) is 30.2 Å². The number of benzene rings is 1. The van der Waals surface area contributed by atoms with Crippen LogP contribution in [0.3, 0.4) is 0 Å². The number of aromatic hydroxyl groups is 1. The molecular formula is C9H14ClNO. The SMILES string of the molecule is C[C@H](CN)c1ccc(O)cc1.Cl. The van der Waals surface area contributed by atoms with E-state index in [0.717, 1.165) is 0 Å². The van der Waals surface area contributed by atoms with Crippen LogP contribution in [0.5, 0.6) is 5.75 Å². The van der Waals surface area contributed by atoms with Gasteiger partial charge in [0.15, 0.2) is 0 Å². The average molecular weight is 188 g/mol. The maximum absolute atomic E-state index is 8.98. The average Bonchev–Trinajstić information content (AvgIpc) is 2.05. The van der Waals surface area contributed by atoms with Crippen molar-refractivity contribution in [2.45, 2.75) is 12.8 Å². The molecule has 12 heavy (non-hydrogen) atoms. The first-order valence-corrected chi connectivity index (χ1v) is 3.73. The van der Waals surface area contributed by atoms with Crippen molar-refractivity contribution in [3.8, 4) is 5.75 Å². The van der Waals surface area contributed by atoms with E-state index in [9.17, 15) is 0 Å². The van der Waals surface area contributed by atoms with Crippen LogP contribution < -0.4 is 5.73 Å². The fraction of sp³-hybridized carbons (Fsp3) is 0.333. The second-order valence-corrected chi connectivity index (χ2v) is 2.73. The summed E-state index contributed by atoms with van der Waals surface area (Å²) in [7, 11) is 0. The van der Waals surface area contributed by atoms with Crippen molar-refractivity contribution < 1.29 is 5.11 Å². The van der Waals surface area contributed by atoms with Crippen LogP contribution >= 0.6 is 12.4 Å². The Labute approximate surface area is 78.8 Å². The lowest BCUT2D eigenvalue weighted by Crippen LogP contribution is -2.08. The molecule has 1 aromatic rings. The van der Waals surface area contributed by atoms with E-state index in [0.29, 0.717) is 18.2 Å².